The van der Waals surface area contributed by atoms with Crippen molar-refractivity contribution in [3.63, 3.8) is 0 Å². The van der Waals surface area contributed by atoms with Gasteiger partial charge in [0.2, 0.25) is 0 Å². The average molecular weight is 374 g/mol. The summed E-state index contributed by atoms with van der Waals surface area (Å²) in [5, 5.41) is 4.50. The highest BCUT2D eigenvalue weighted by Gasteiger charge is 2.25. The minimum Gasteiger partial charge on any atom is -0.329 e. The molecule has 144 valence electrons. The molecule has 0 bridgehead atoms. The zero-order chi connectivity index (χ0) is 19.7. The molecule has 3 aromatic heterocycles. The maximum absolute atomic E-state index is 4.80. The van der Waals surface area contributed by atoms with Crippen molar-refractivity contribution in [2.45, 2.75) is 20.4 Å². The van der Waals surface area contributed by atoms with Crippen LogP contribution in [-0.4, -0.2) is 49.7 Å². The first-order valence-corrected chi connectivity index (χ1v) is 9.49. The minimum absolute atomic E-state index is 0.0866. The number of imidazole rings is 1. The molecule has 6 heteroatoms. The van der Waals surface area contributed by atoms with Gasteiger partial charge in [-0.3, -0.25) is 0 Å². The van der Waals surface area contributed by atoms with E-state index in [1.165, 1.54) is 0 Å². The molecule has 28 heavy (non-hydrogen) atoms. The Labute approximate surface area is 165 Å². The van der Waals surface area contributed by atoms with Crippen molar-refractivity contribution >= 4 is 5.65 Å². The maximum atomic E-state index is 4.80. The smallest absolute Gasteiger partial charge is 0.164 e. The number of hydrogen-bond donors (Lipinski definition) is 0. The van der Waals surface area contributed by atoms with Crippen LogP contribution in [0.5, 0.6) is 0 Å². The third-order valence-corrected chi connectivity index (χ3v) is 4.76. The zero-order valence-electron chi connectivity index (χ0n) is 16.9. The molecule has 0 aliphatic rings. The summed E-state index contributed by atoms with van der Waals surface area (Å²) in [5.74, 6) is 0. The predicted molar refractivity (Wildman–Crippen MR) is 112 cm³/mol. The number of nitrogens with zero attached hydrogens (tertiary/aromatic N) is 6. The molecular formula is C22H26N6. The van der Waals surface area contributed by atoms with Crippen LogP contribution in [0.15, 0.2) is 61.3 Å². The van der Waals surface area contributed by atoms with Crippen LogP contribution in [0.2, 0.25) is 0 Å². The van der Waals surface area contributed by atoms with Gasteiger partial charge in [-0.25, -0.2) is 14.5 Å². The summed E-state index contributed by atoms with van der Waals surface area (Å²) in [6.07, 6.45) is 7.56. The van der Waals surface area contributed by atoms with E-state index in [4.69, 9.17) is 4.98 Å². The van der Waals surface area contributed by atoms with Crippen molar-refractivity contribution in [2.24, 2.45) is 5.41 Å². The first-order chi connectivity index (χ1) is 13.4. The Bertz CT molecular complexity index is 1070. The maximum Gasteiger partial charge on any atom is 0.164 e. The monoisotopic (exact) mass is 374 g/mol. The van der Waals surface area contributed by atoms with Gasteiger partial charge < -0.3 is 9.47 Å². The third kappa shape index (κ3) is 3.55. The molecule has 4 aromatic rings. The molecule has 0 unspecified atom stereocenters. The van der Waals surface area contributed by atoms with Crippen LogP contribution in [0, 0.1) is 5.41 Å². The Hall–Kier alpha value is -2.99. The van der Waals surface area contributed by atoms with Gasteiger partial charge in [-0.05, 0) is 25.6 Å². The summed E-state index contributed by atoms with van der Waals surface area (Å²) >= 11 is 0. The number of rotatable bonds is 6. The minimum atomic E-state index is 0.0866. The summed E-state index contributed by atoms with van der Waals surface area (Å²) in [7, 11) is 4.22. The van der Waals surface area contributed by atoms with Gasteiger partial charge in [0.25, 0.3) is 0 Å². The summed E-state index contributed by atoms with van der Waals surface area (Å²) in [4.78, 5) is 11.6. The van der Waals surface area contributed by atoms with Gasteiger partial charge in [-0.2, -0.15) is 5.10 Å². The van der Waals surface area contributed by atoms with E-state index in [2.05, 4.69) is 59.6 Å². The Balaban J connectivity index is 1.87. The molecule has 0 amide bonds. The fourth-order valence-corrected chi connectivity index (χ4v) is 3.95. The van der Waals surface area contributed by atoms with E-state index < -0.39 is 0 Å². The molecule has 0 aliphatic carbocycles. The number of fused-ring (bicyclic) bond motifs is 1. The van der Waals surface area contributed by atoms with Crippen molar-refractivity contribution in [1.82, 2.24) is 29.0 Å². The Kier molecular flexibility index (Phi) is 4.73. The van der Waals surface area contributed by atoms with E-state index in [0.29, 0.717) is 0 Å². The largest absolute Gasteiger partial charge is 0.329 e. The lowest BCUT2D eigenvalue weighted by Gasteiger charge is -2.29. The molecule has 1 aromatic carbocycles. The highest BCUT2D eigenvalue weighted by atomic mass is 15.2. The molecular weight excluding hydrogens is 348 g/mol. The van der Waals surface area contributed by atoms with Crippen LogP contribution < -0.4 is 0 Å². The molecule has 6 nitrogen and oxygen atoms in total. The quantitative estimate of drug-likeness (QED) is 0.514. The molecule has 0 fully saturated rings. The van der Waals surface area contributed by atoms with E-state index in [1.54, 1.807) is 6.20 Å². The normalized spacial score (nSPS) is 12.2. The van der Waals surface area contributed by atoms with Gasteiger partial charge in [0, 0.05) is 31.0 Å². The lowest BCUT2D eigenvalue weighted by molar-refractivity contribution is 0.212. The number of hydrogen-bond acceptors (Lipinski definition) is 4. The highest BCUT2D eigenvalue weighted by Crippen LogP contribution is 2.34. The van der Waals surface area contributed by atoms with Crippen molar-refractivity contribution in [1.29, 1.82) is 0 Å². The molecule has 0 saturated carbocycles. The lowest BCUT2D eigenvalue weighted by atomic mass is 9.92. The first kappa shape index (κ1) is 18.4. The highest BCUT2D eigenvalue weighted by molar-refractivity contribution is 5.85. The molecule has 0 saturated heterocycles. The van der Waals surface area contributed by atoms with E-state index in [-0.39, 0.29) is 5.41 Å². The molecule has 0 atom stereocenters. The van der Waals surface area contributed by atoms with E-state index in [9.17, 15) is 0 Å². The van der Waals surface area contributed by atoms with Crippen molar-refractivity contribution in [3.05, 3.63) is 61.3 Å². The van der Waals surface area contributed by atoms with Gasteiger partial charge >= 0.3 is 0 Å². The summed E-state index contributed by atoms with van der Waals surface area (Å²) in [6.45, 7) is 6.41. The molecule has 3 heterocycles. The second kappa shape index (κ2) is 7.20. The first-order valence-electron chi connectivity index (χ1n) is 9.49. The predicted octanol–water partition coefficient (Wildman–Crippen LogP) is 3.85. The fraction of sp³-hybridized carbons (Fsp3) is 0.318. The van der Waals surface area contributed by atoms with E-state index >= 15 is 0 Å². The summed E-state index contributed by atoms with van der Waals surface area (Å²) < 4.78 is 4.06. The molecule has 0 radical (unpaired) electrons. The van der Waals surface area contributed by atoms with E-state index in [1.807, 2.05) is 47.5 Å². The topological polar surface area (TPSA) is 51.2 Å². The summed E-state index contributed by atoms with van der Waals surface area (Å²) in [5.41, 5.74) is 5.04. The second-order valence-corrected chi connectivity index (χ2v) is 8.28. The molecule has 0 spiro atoms. The fourth-order valence-electron chi connectivity index (χ4n) is 3.95. The average Bonchev–Trinajstić information content (AvgIpc) is 3.24. The Morgan fingerprint density at radius 3 is 2.57 bits per heavy atom. The Morgan fingerprint density at radius 2 is 1.82 bits per heavy atom. The number of aromatic nitrogens is 5. The van der Waals surface area contributed by atoms with Crippen molar-refractivity contribution < 1.29 is 0 Å². The van der Waals surface area contributed by atoms with Crippen LogP contribution >= 0.6 is 0 Å². The lowest BCUT2D eigenvalue weighted by Crippen LogP contribution is -2.32. The van der Waals surface area contributed by atoms with Crippen molar-refractivity contribution in [2.75, 3.05) is 20.6 Å². The SMILES string of the molecule is CN(C)CC(C)(C)Cn1cnc(-c2ccccc2)c1-c1cnn2cccnc12. The second-order valence-electron chi connectivity index (χ2n) is 8.28. The van der Waals surface area contributed by atoms with Crippen LogP contribution in [0.4, 0.5) is 0 Å². The Morgan fingerprint density at radius 1 is 1.04 bits per heavy atom. The van der Waals surface area contributed by atoms with Gasteiger partial charge in [-0.15, -0.1) is 0 Å². The standard InChI is InChI=1S/C22H26N6/c1-22(2,14-26(3)4)15-27-16-24-19(17-9-6-5-7-10-17)20(27)18-13-25-28-12-8-11-23-21(18)28/h5-13,16H,14-15H2,1-4H3. The van der Waals surface area contributed by atoms with E-state index in [0.717, 1.165) is 41.3 Å². The van der Waals surface area contributed by atoms with Gasteiger partial charge in [0.1, 0.15) is 0 Å². The van der Waals surface area contributed by atoms with Crippen LogP contribution in [0.3, 0.4) is 0 Å². The van der Waals surface area contributed by atoms with Gasteiger partial charge in [-0.1, -0.05) is 44.2 Å². The molecule has 0 aliphatic heterocycles. The van der Waals surface area contributed by atoms with Crippen LogP contribution in [0.1, 0.15) is 13.8 Å². The van der Waals surface area contributed by atoms with Crippen LogP contribution in [0.25, 0.3) is 28.2 Å². The zero-order valence-corrected chi connectivity index (χ0v) is 16.9. The van der Waals surface area contributed by atoms with Crippen molar-refractivity contribution in [3.8, 4) is 22.5 Å². The van der Waals surface area contributed by atoms with Gasteiger partial charge in [0.15, 0.2) is 5.65 Å². The van der Waals surface area contributed by atoms with Crippen LogP contribution in [-0.2, 0) is 6.54 Å². The van der Waals surface area contributed by atoms with Gasteiger partial charge in [0.05, 0.1) is 29.5 Å². The summed E-state index contributed by atoms with van der Waals surface area (Å²) in [6, 6.07) is 12.2. The third-order valence-electron chi connectivity index (χ3n) is 4.76. The number of benzene rings is 1. The molecule has 4 rings (SSSR count). The molecule has 0 N–H and O–H groups in total.